The highest BCUT2D eigenvalue weighted by Gasteiger charge is 2.42. The van der Waals surface area contributed by atoms with Gasteiger partial charge in [-0.05, 0) is 135 Å². The summed E-state index contributed by atoms with van der Waals surface area (Å²) in [5, 5.41) is 14.3. The molecule has 2 heterocycles. The van der Waals surface area contributed by atoms with Crippen LogP contribution in [0.3, 0.4) is 0 Å². The van der Waals surface area contributed by atoms with Gasteiger partial charge in [-0.1, -0.05) is 102 Å². The number of para-hydroxylation sites is 2. The molecular formula is C57H41F6N3. The average molecular weight is 882 g/mol. The zero-order valence-electron chi connectivity index (χ0n) is 36.9. The summed E-state index contributed by atoms with van der Waals surface area (Å²) in [5.41, 5.74) is 8.25. The van der Waals surface area contributed by atoms with Gasteiger partial charge in [0.25, 0.3) is 0 Å². The number of nitriles is 1. The molecule has 2 aromatic heterocycles. The lowest BCUT2D eigenvalue weighted by Crippen LogP contribution is -2.15. The molecule has 0 atom stereocenters. The summed E-state index contributed by atoms with van der Waals surface area (Å²) in [4.78, 5) is 0. The first kappa shape index (κ1) is 42.4. The molecule has 0 saturated heterocycles. The Morgan fingerprint density at radius 1 is 0.409 bits per heavy atom. The van der Waals surface area contributed by atoms with Crippen LogP contribution in [0.2, 0.25) is 0 Å². The molecule has 0 aliphatic carbocycles. The lowest BCUT2D eigenvalue weighted by molar-refractivity contribution is -0.142. The zero-order chi connectivity index (χ0) is 46.6. The summed E-state index contributed by atoms with van der Waals surface area (Å²) in [6.07, 6.45) is -10.4. The second kappa shape index (κ2) is 15.3. The number of alkyl halides is 6. The molecule has 0 spiro atoms. The Morgan fingerprint density at radius 2 is 0.818 bits per heavy atom. The van der Waals surface area contributed by atoms with Crippen LogP contribution in [0.25, 0.3) is 88.4 Å². The molecule has 0 amide bonds. The smallest absolute Gasteiger partial charge is 0.309 e. The summed E-state index contributed by atoms with van der Waals surface area (Å²) in [7, 11) is 0. The van der Waals surface area contributed by atoms with Gasteiger partial charge in [-0.15, -0.1) is 0 Å². The van der Waals surface area contributed by atoms with Crippen molar-refractivity contribution < 1.29 is 26.3 Å². The Balaban J connectivity index is 1.38. The summed E-state index contributed by atoms with van der Waals surface area (Å²) in [6, 6.07) is 42.3. The van der Waals surface area contributed by atoms with Crippen molar-refractivity contribution in [3.8, 4) is 50.8 Å². The topological polar surface area (TPSA) is 33.6 Å². The molecule has 9 heteroatoms. The largest absolute Gasteiger partial charge is 0.417 e. The van der Waals surface area contributed by atoms with Crippen molar-refractivity contribution in [2.24, 2.45) is 0 Å². The average Bonchev–Trinajstić information content (AvgIpc) is 3.76. The van der Waals surface area contributed by atoms with Crippen molar-refractivity contribution in [1.29, 1.82) is 5.26 Å². The van der Waals surface area contributed by atoms with Crippen LogP contribution in [-0.4, -0.2) is 9.13 Å². The second-order valence-corrected chi connectivity index (χ2v) is 17.4. The van der Waals surface area contributed by atoms with Gasteiger partial charge in [0, 0.05) is 32.7 Å². The first-order valence-corrected chi connectivity index (χ1v) is 21.5. The molecule has 0 aliphatic heterocycles. The number of aromatic nitrogens is 2. The number of fused-ring (bicyclic) bond motifs is 6. The van der Waals surface area contributed by atoms with Crippen LogP contribution in [0, 0.1) is 52.9 Å². The van der Waals surface area contributed by atoms with Gasteiger partial charge in [-0.3, -0.25) is 0 Å². The number of hydrogen-bond acceptors (Lipinski definition) is 1. The molecule has 326 valence electrons. The van der Waals surface area contributed by atoms with E-state index in [-0.39, 0.29) is 22.5 Å². The van der Waals surface area contributed by atoms with E-state index in [9.17, 15) is 5.26 Å². The molecule has 0 aliphatic rings. The number of nitrogens with zero attached hydrogens (tertiary/aromatic N) is 3. The third-order valence-corrected chi connectivity index (χ3v) is 12.9. The maximum Gasteiger partial charge on any atom is 0.417 e. The fourth-order valence-electron chi connectivity index (χ4n) is 10.6. The zero-order valence-corrected chi connectivity index (χ0v) is 36.9. The molecule has 0 fully saturated rings. The molecule has 0 radical (unpaired) electrons. The Labute approximate surface area is 377 Å². The predicted octanol–water partition coefficient (Wildman–Crippen LogP) is 16.6. The SMILES string of the molecule is Cc1cc(C)c(-c2ccc3c4ccccc4n(-c4cc(-c5c(C(F)(F)F)cccc5C(F)(F)F)c(-n5c6ccccc6c6ccc(-c7c(C)cc(C)cc7C)cc65)cc4C#N)c3c2)c(C)c1. The Bertz CT molecular complexity index is 3630. The van der Waals surface area contributed by atoms with Gasteiger partial charge in [0.2, 0.25) is 0 Å². The molecule has 0 saturated carbocycles. The third-order valence-electron chi connectivity index (χ3n) is 12.9. The number of halogens is 6. The maximum absolute atomic E-state index is 15.4. The minimum atomic E-state index is -5.19. The van der Waals surface area contributed by atoms with Crippen LogP contribution in [0.15, 0.2) is 140 Å². The van der Waals surface area contributed by atoms with E-state index in [1.807, 2.05) is 114 Å². The lowest BCUT2D eigenvalue weighted by Gasteiger charge is -2.24. The number of hydrogen-bond donors (Lipinski definition) is 0. The van der Waals surface area contributed by atoms with Crippen LogP contribution in [-0.2, 0) is 12.4 Å². The van der Waals surface area contributed by atoms with E-state index in [2.05, 4.69) is 30.3 Å². The Kier molecular flexibility index (Phi) is 9.81. The number of rotatable bonds is 5. The molecule has 66 heavy (non-hydrogen) atoms. The molecule has 3 nitrogen and oxygen atoms in total. The van der Waals surface area contributed by atoms with Gasteiger partial charge in [0.1, 0.15) is 6.07 Å². The molecular weight excluding hydrogens is 841 g/mol. The van der Waals surface area contributed by atoms with Crippen molar-refractivity contribution in [3.05, 3.63) is 190 Å². The van der Waals surface area contributed by atoms with Gasteiger partial charge in [0.05, 0.1) is 50.1 Å². The van der Waals surface area contributed by atoms with Crippen LogP contribution in [0.1, 0.15) is 50.1 Å². The highest BCUT2D eigenvalue weighted by Crippen LogP contribution is 2.49. The summed E-state index contributed by atoms with van der Waals surface area (Å²) in [5.74, 6) is 0. The van der Waals surface area contributed by atoms with Gasteiger partial charge >= 0.3 is 12.4 Å². The van der Waals surface area contributed by atoms with Crippen molar-refractivity contribution in [3.63, 3.8) is 0 Å². The van der Waals surface area contributed by atoms with E-state index in [1.54, 1.807) is 21.3 Å². The van der Waals surface area contributed by atoms with Crippen LogP contribution in [0.4, 0.5) is 26.3 Å². The number of benzene rings is 8. The van der Waals surface area contributed by atoms with E-state index < -0.39 is 29.0 Å². The lowest BCUT2D eigenvalue weighted by atomic mass is 9.90. The van der Waals surface area contributed by atoms with Crippen molar-refractivity contribution in [2.75, 3.05) is 0 Å². The molecule has 8 aromatic carbocycles. The Morgan fingerprint density at radius 3 is 1.24 bits per heavy atom. The summed E-state index contributed by atoms with van der Waals surface area (Å²) >= 11 is 0. The highest BCUT2D eigenvalue weighted by molar-refractivity contribution is 6.12. The fraction of sp³-hybridized carbons (Fsp3) is 0.140. The molecule has 0 N–H and O–H groups in total. The normalized spacial score (nSPS) is 12.2. The molecule has 0 bridgehead atoms. The van der Waals surface area contributed by atoms with Crippen molar-refractivity contribution in [1.82, 2.24) is 9.13 Å². The minimum absolute atomic E-state index is 0.00874. The van der Waals surface area contributed by atoms with Crippen LogP contribution >= 0.6 is 0 Å². The Hall–Kier alpha value is -7.57. The van der Waals surface area contributed by atoms with E-state index in [1.165, 1.54) is 12.1 Å². The predicted molar refractivity (Wildman–Crippen MR) is 255 cm³/mol. The van der Waals surface area contributed by atoms with E-state index in [4.69, 9.17) is 0 Å². The van der Waals surface area contributed by atoms with Crippen LogP contribution in [0.5, 0.6) is 0 Å². The quantitative estimate of drug-likeness (QED) is 0.159. The fourth-order valence-corrected chi connectivity index (χ4v) is 10.6. The first-order chi connectivity index (χ1) is 31.4. The van der Waals surface area contributed by atoms with E-state index in [0.717, 1.165) is 83.2 Å². The third kappa shape index (κ3) is 6.74. The second-order valence-electron chi connectivity index (χ2n) is 17.4. The van der Waals surface area contributed by atoms with Gasteiger partial charge < -0.3 is 9.13 Å². The maximum atomic E-state index is 15.4. The first-order valence-electron chi connectivity index (χ1n) is 21.5. The van der Waals surface area contributed by atoms with Gasteiger partial charge in [0.15, 0.2) is 0 Å². The molecule has 0 unspecified atom stereocenters. The standard InChI is InChI=1S/C57H41F6N3/c1-31-22-33(3)53(34(4)23-31)37-18-20-42-40-12-7-9-16-47(40)65(50(42)26-37)49-29-44(55-45(56(58,59)60)14-11-15-46(55)57(61,62)63)52(28-39(49)30-64)66-48-17-10-8-13-41(48)43-21-19-38(27-51(43)66)54-35(5)24-32(2)25-36(54)6/h7-29H,1-6H3. The van der Waals surface area contributed by atoms with E-state index in [0.29, 0.717) is 34.2 Å². The molecule has 10 aromatic rings. The molecule has 10 rings (SSSR count). The monoisotopic (exact) mass is 881 g/mol. The van der Waals surface area contributed by atoms with Crippen LogP contribution < -0.4 is 0 Å². The van der Waals surface area contributed by atoms with Crippen molar-refractivity contribution in [2.45, 2.75) is 53.9 Å². The van der Waals surface area contributed by atoms with Gasteiger partial charge in [-0.2, -0.15) is 31.6 Å². The highest BCUT2D eigenvalue weighted by atomic mass is 19.4. The minimum Gasteiger partial charge on any atom is -0.309 e. The number of aryl methyl sites for hydroxylation is 6. The summed E-state index contributed by atoms with van der Waals surface area (Å²) in [6.45, 7) is 12.1. The van der Waals surface area contributed by atoms with Gasteiger partial charge in [-0.25, -0.2) is 0 Å². The van der Waals surface area contributed by atoms with Crippen molar-refractivity contribution >= 4 is 43.6 Å². The summed E-state index contributed by atoms with van der Waals surface area (Å²) < 4.78 is 96.1. The van der Waals surface area contributed by atoms with E-state index >= 15 is 26.3 Å².